The standard InChI is InChI=1S/C3H2F9O16P3S3/c4-1(5,6)32(18,19)26-30(15,16)24-29(13,14)25-31(17,27-33(20,21)2(7,8)9)28-34(22,23)3(10,11)12/h(H,13,14)(H,15,16). The molecule has 0 aromatic carbocycles. The van der Waals surface area contributed by atoms with E-state index in [2.05, 4.69) is 20.5 Å². The summed E-state index contributed by atoms with van der Waals surface area (Å²) in [7, 11) is -44.8. The molecule has 206 valence electrons. The summed E-state index contributed by atoms with van der Waals surface area (Å²) in [5.74, 6) is 0. The van der Waals surface area contributed by atoms with Crippen molar-refractivity contribution in [2.45, 2.75) is 16.5 Å². The molecular weight excluding hydrogens is 652 g/mol. The molecule has 0 aromatic heterocycles. The van der Waals surface area contributed by atoms with Crippen LogP contribution in [0.15, 0.2) is 0 Å². The third-order valence-electron chi connectivity index (χ3n) is 1.83. The molecule has 0 spiro atoms. The van der Waals surface area contributed by atoms with Gasteiger partial charge in [-0.2, -0.15) is 85.3 Å². The second-order valence-electron chi connectivity index (χ2n) is 4.47. The van der Waals surface area contributed by atoms with Gasteiger partial charge in [-0.25, -0.2) is 13.7 Å². The lowest BCUT2D eigenvalue weighted by atomic mass is 11.6. The van der Waals surface area contributed by atoms with Gasteiger partial charge in [0.1, 0.15) is 0 Å². The summed E-state index contributed by atoms with van der Waals surface area (Å²) in [4.78, 5) is 17.6. The Morgan fingerprint density at radius 1 is 0.500 bits per heavy atom. The Balaban J connectivity index is 6.39. The lowest BCUT2D eigenvalue weighted by molar-refractivity contribution is -0.0530. The molecule has 0 aromatic rings. The van der Waals surface area contributed by atoms with Crippen LogP contribution in [0, 0.1) is 0 Å². The minimum atomic E-state index is -7.86. The second kappa shape index (κ2) is 9.50. The van der Waals surface area contributed by atoms with Gasteiger partial charge in [0.25, 0.3) is 0 Å². The lowest BCUT2D eigenvalue weighted by Crippen LogP contribution is -2.28. The van der Waals surface area contributed by atoms with Crippen molar-refractivity contribution in [1.29, 1.82) is 0 Å². The zero-order valence-electron chi connectivity index (χ0n) is 14.1. The highest BCUT2D eigenvalue weighted by Crippen LogP contribution is 2.71. The molecular formula is C3H2F9O16P3S3. The van der Waals surface area contributed by atoms with Crippen LogP contribution in [0.25, 0.3) is 0 Å². The Hall–Kier alpha value is -0.370. The first-order valence-electron chi connectivity index (χ1n) is 6.04. The van der Waals surface area contributed by atoms with E-state index in [1.54, 1.807) is 0 Å². The smallest absolute Gasteiger partial charge is 0.302 e. The van der Waals surface area contributed by atoms with Gasteiger partial charge in [-0.15, -0.1) is 0 Å². The van der Waals surface area contributed by atoms with Crippen LogP contribution in [-0.4, -0.2) is 51.6 Å². The molecule has 0 rings (SSSR count). The topological polar surface area (TPSA) is 240 Å². The summed E-state index contributed by atoms with van der Waals surface area (Å²) in [5.41, 5.74) is -20.2. The summed E-state index contributed by atoms with van der Waals surface area (Å²) in [6.07, 6.45) is 0. The van der Waals surface area contributed by atoms with E-state index in [1.807, 2.05) is 0 Å². The zero-order chi connectivity index (χ0) is 28.0. The van der Waals surface area contributed by atoms with Crippen LogP contribution >= 0.6 is 23.5 Å². The van der Waals surface area contributed by atoms with Gasteiger partial charge in [-0.1, -0.05) is 0 Å². The molecule has 2 unspecified atom stereocenters. The van der Waals surface area contributed by atoms with Gasteiger partial charge in [0, 0.05) is 0 Å². The number of phosphoric acid groups is 3. The molecule has 0 heterocycles. The molecule has 0 saturated heterocycles. The third-order valence-corrected chi connectivity index (χ3v) is 11.4. The van der Waals surface area contributed by atoms with Gasteiger partial charge in [-0.3, -0.25) is 0 Å². The fourth-order valence-corrected chi connectivity index (χ4v) is 8.57. The predicted octanol–water partition coefficient (Wildman–Crippen LogP) is 1.93. The minimum absolute atomic E-state index is 2.38. The van der Waals surface area contributed by atoms with E-state index in [9.17, 15) is 78.5 Å². The van der Waals surface area contributed by atoms with Crippen LogP contribution in [0.3, 0.4) is 0 Å². The van der Waals surface area contributed by atoms with Crippen LogP contribution in [0.4, 0.5) is 39.5 Å². The summed E-state index contributed by atoms with van der Waals surface area (Å²) < 4.78 is 221. The first kappa shape index (κ1) is 33.6. The first-order valence-corrected chi connectivity index (χ1v) is 14.7. The Kier molecular flexibility index (Phi) is 9.39. The summed E-state index contributed by atoms with van der Waals surface area (Å²) in [6.45, 7) is 0. The highest BCUT2D eigenvalue weighted by atomic mass is 32.2. The molecule has 0 bridgehead atoms. The van der Waals surface area contributed by atoms with Crippen LogP contribution < -0.4 is 0 Å². The second-order valence-corrected chi connectivity index (χ2v) is 14.4. The predicted molar refractivity (Wildman–Crippen MR) is 77.6 cm³/mol. The molecule has 0 fully saturated rings. The van der Waals surface area contributed by atoms with Gasteiger partial charge < -0.3 is 9.79 Å². The average molecular weight is 654 g/mol. The van der Waals surface area contributed by atoms with Gasteiger partial charge in [0.15, 0.2) is 0 Å². The van der Waals surface area contributed by atoms with Crippen molar-refractivity contribution in [3.8, 4) is 0 Å². The van der Waals surface area contributed by atoms with E-state index in [0.717, 1.165) is 0 Å². The van der Waals surface area contributed by atoms with Crippen molar-refractivity contribution in [3.05, 3.63) is 0 Å². The Morgan fingerprint density at radius 2 is 0.765 bits per heavy atom. The fraction of sp³-hybridized carbons (Fsp3) is 1.00. The molecule has 2 N–H and O–H groups in total. The van der Waals surface area contributed by atoms with Crippen molar-refractivity contribution in [2.75, 3.05) is 0 Å². The molecule has 0 aliphatic heterocycles. The minimum Gasteiger partial charge on any atom is -0.302 e. The van der Waals surface area contributed by atoms with Crippen LogP contribution in [0.2, 0.25) is 0 Å². The first-order chi connectivity index (χ1) is 14.3. The number of hydrogen-bond donors (Lipinski definition) is 2. The maximum absolute atomic E-state index is 12.3. The summed E-state index contributed by atoms with van der Waals surface area (Å²) in [6, 6.07) is 0. The van der Waals surface area contributed by atoms with Crippen molar-refractivity contribution in [3.63, 3.8) is 0 Å². The summed E-state index contributed by atoms with van der Waals surface area (Å²) in [5, 5.41) is 0. The van der Waals surface area contributed by atoms with Gasteiger partial charge in [0.05, 0.1) is 0 Å². The maximum atomic E-state index is 12.3. The molecule has 2 atom stereocenters. The van der Waals surface area contributed by atoms with E-state index in [1.165, 1.54) is 0 Å². The van der Waals surface area contributed by atoms with Crippen LogP contribution in [0.5, 0.6) is 0 Å². The molecule has 0 saturated carbocycles. The van der Waals surface area contributed by atoms with Crippen LogP contribution in [-0.2, 0) is 64.6 Å². The Bertz CT molecular complexity index is 1190. The highest BCUT2D eigenvalue weighted by molar-refractivity contribution is 7.96. The van der Waals surface area contributed by atoms with Crippen molar-refractivity contribution >= 4 is 53.8 Å². The fourth-order valence-electron chi connectivity index (χ4n) is 0.816. The molecule has 0 radical (unpaired) electrons. The van der Waals surface area contributed by atoms with Crippen molar-refractivity contribution in [1.82, 2.24) is 0 Å². The monoisotopic (exact) mass is 654 g/mol. The van der Waals surface area contributed by atoms with E-state index in [4.69, 9.17) is 9.79 Å². The average Bonchev–Trinajstić information content (AvgIpc) is 2.36. The van der Waals surface area contributed by atoms with Gasteiger partial charge in [0.2, 0.25) is 0 Å². The molecule has 0 amide bonds. The largest absolute Gasteiger partial charge is 0.523 e. The van der Waals surface area contributed by atoms with Gasteiger partial charge in [-0.05, 0) is 0 Å². The third kappa shape index (κ3) is 9.25. The van der Waals surface area contributed by atoms with E-state index >= 15 is 0 Å². The normalized spacial score (nSPS) is 18.8. The lowest BCUT2D eigenvalue weighted by Gasteiger charge is -2.21. The molecule has 0 aliphatic rings. The van der Waals surface area contributed by atoms with E-state index in [-0.39, 0.29) is 0 Å². The Morgan fingerprint density at radius 3 is 1.03 bits per heavy atom. The van der Waals surface area contributed by atoms with Crippen molar-refractivity contribution < 1.29 is 109 Å². The van der Waals surface area contributed by atoms with Gasteiger partial charge >= 0.3 is 70.3 Å². The maximum Gasteiger partial charge on any atom is 0.523 e. The number of halogens is 9. The molecule has 31 heteroatoms. The number of hydrogen-bond acceptors (Lipinski definition) is 14. The SMILES string of the molecule is O=P(O)(OP(=O)(O)OS(=O)(=O)C(F)(F)F)OP(=O)(OS(=O)(=O)C(F)(F)F)OS(=O)(=O)C(F)(F)F. The molecule has 16 nitrogen and oxygen atoms in total. The zero-order valence-corrected chi connectivity index (χ0v) is 19.2. The van der Waals surface area contributed by atoms with Crippen LogP contribution in [0.1, 0.15) is 0 Å². The number of rotatable bonds is 10. The quantitative estimate of drug-likeness (QED) is 0.194. The summed E-state index contributed by atoms with van der Waals surface area (Å²) >= 11 is 0. The van der Waals surface area contributed by atoms with E-state index in [0.29, 0.717) is 0 Å². The molecule has 34 heavy (non-hydrogen) atoms. The van der Waals surface area contributed by atoms with E-state index < -0.39 is 70.3 Å². The molecule has 0 aliphatic carbocycles. The number of alkyl halides is 9. The Labute approximate surface area is 179 Å². The highest BCUT2D eigenvalue weighted by Gasteiger charge is 2.61. The van der Waals surface area contributed by atoms with Crippen molar-refractivity contribution in [2.24, 2.45) is 0 Å².